The van der Waals surface area contributed by atoms with Crippen molar-refractivity contribution in [1.29, 1.82) is 0 Å². The Hall–Kier alpha value is -3.45. The van der Waals surface area contributed by atoms with E-state index in [1.165, 1.54) is 0 Å². The molecular formula is C26H31NO6. The average Bonchev–Trinajstić information content (AvgIpc) is 3.08. The summed E-state index contributed by atoms with van der Waals surface area (Å²) in [7, 11) is 6.81. The topological polar surface area (TPSA) is 68.2 Å². The number of benzene rings is 2. The third kappa shape index (κ3) is 4.68. The zero-order valence-electron chi connectivity index (χ0n) is 20.3. The third-order valence-electron chi connectivity index (χ3n) is 5.52. The second-order valence-corrected chi connectivity index (χ2v) is 7.58. The van der Waals surface area contributed by atoms with Crippen molar-refractivity contribution in [2.24, 2.45) is 7.05 Å². The predicted octanol–water partition coefficient (Wildman–Crippen LogP) is 5.12. The quantitative estimate of drug-likeness (QED) is 0.254. The van der Waals surface area contributed by atoms with Gasteiger partial charge in [-0.25, -0.2) is 4.79 Å². The molecule has 0 aliphatic heterocycles. The Bertz CT molecular complexity index is 1170. The molecule has 0 radical (unpaired) electrons. The molecule has 0 aliphatic carbocycles. The molecule has 0 bridgehead atoms. The van der Waals surface area contributed by atoms with E-state index in [-0.39, 0.29) is 12.8 Å². The number of methoxy groups -OCH3 is 3. The minimum absolute atomic E-state index is 0.0781. The van der Waals surface area contributed by atoms with Crippen molar-refractivity contribution in [3.8, 4) is 28.5 Å². The number of aromatic nitrogens is 1. The molecule has 0 atom stereocenters. The molecule has 7 nitrogen and oxygen atoms in total. The van der Waals surface area contributed by atoms with Crippen molar-refractivity contribution < 1.29 is 28.5 Å². The Kier molecular flexibility index (Phi) is 7.66. The summed E-state index contributed by atoms with van der Waals surface area (Å²) in [6.45, 7) is 5.97. The smallest absolute Gasteiger partial charge is 0.333 e. The zero-order chi connectivity index (χ0) is 24.1. The first-order valence-corrected chi connectivity index (χ1v) is 10.7. The number of nitrogens with zero attached hydrogens (tertiary/aromatic N) is 1. The van der Waals surface area contributed by atoms with Gasteiger partial charge in [0.2, 0.25) is 0 Å². The van der Waals surface area contributed by atoms with E-state index in [4.69, 9.17) is 23.7 Å². The van der Waals surface area contributed by atoms with Gasteiger partial charge in [0, 0.05) is 30.7 Å². The maximum absolute atomic E-state index is 12.3. The lowest BCUT2D eigenvalue weighted by molar-refractivity contribution is -0.138. The number of aryl methyl sites for hydroxylation is 2. The maximum atomic E-state index is 12.3. The summed E-state index contributed by atoms with van der Waals surface area (Å²) in [5.74, 6) is 1.57. The van der Waals surface area contributed by atoms with Gasteiger partial charge in [0.15, 0.2) is 18.3 Å². The molecule has 0 unspecified atom stereocenters. The minimum Gasteiger partial charge on any atom is -0.497 e. The molecule has 3 aromatic rings. The Labute approximate surface area is 194 Å². The number of ether oxygens (including phenoxy) is 5. The summed E-state index contributed by atoms with van der Waals surface area (Å²) in [4.78, 5) is 12.3. The van der Waals surface area contributed by atoms with Gasteiger partial charge in [-0.05, 0) is 68.3 Å². The molecule has 3 rings (SSSR count). The normalized spacial score (nSPS) is 11.5. The van der Waals surface area contributed by atoms with Gasteiger partial charge in [-0.2, -0.15) is 0 Å². The molecule has 176 valence electrons. The first-order chi connectivity index (χ1) is 15.9. The summed E-state index contributed by atoms with van der Waals surface area (Å²) in [5, 5.41) is 0.891. The van der Waals surface area contributed by atoms with E-state index >= 15 is 0 Å². The molecule has 0 amide bonds. The molecule has 0 spiro atoms. The van der Waals surface area contributed by atoms with Gasteiger partial charge in [0.25, 0.3) is 0 Å². The lowest BCUT2D eigenvalue weighted by atomic mass is 10.0. The van der Waals surface area contributed by atoms with Crippen LogP contribution in [0.5, 0.6) is 17.2 Å². The summed E-state index contributed by atoms with van der Waals surface area (Å²) in [6.07, 6.45) is 1.82. The van der Waals surface area contributed by atoms with Crippen LogP contribution in [0, 0.1) is 6.92 Å². The second kappa shape index (κ2) is 10.4. The third-order valence-corrected chi connectivity index (χ3v) is 5.52. The molecule has 0 saturated heterocycles. The highest BCUT2D eigenvalue weighted by Gasteiger charge is 2.23. The highest BCUT2D eigenvalue weighted by molar-refractivity contribution is 6.04. The highest BCUT2D eigenvalue weighted by atomic mass is 16.7. The van der Waals surface area contributed by atoms with Crippen LogP contribution in [-0.4, -0.2) is 45.3 Å². The predicted molar refractivity (Wildman–Crippen MR) is 129 cm³/mol. The van der Waals surface area contributed by atoms with Crippen LogP contribution in [-0.2, 0) is 21.3 Å². The van der Waals surface area contributed by atoms with Crippen molar-refractivity contribution >= 4 is 22.9 Å². The Morgan fingerprint density at radius 1 is 1.09 bits per heavy atom. The summed E-state index contributed by atoms with van der Waals surface area (Å²) in [5.41, 5.74) is 5.30. The van der Waals surface area contributed by atoms with Crippen LogP contribution in [0.25, 0.3) is 28.2 Å². The van der Waals surface area contributed by atoms with Crippen LogP contribution < -0.4 is 14.2 Å². The molecule has 0 aliphatic rings. The van der Waals surface area contributed by atoms with Gasteiger partial charge in [0.1, 0.15) is 5.75 Å². The molecule has 0 saturated carbocycles. The molecule has 0 N–H and O–H groups in total. The standard InChI is InChI=1S/C26H31NO6/c1-8-32-26(28)16(2)13-19-14-21(31-7)25(33-15-29-5)22-17(3)23(27(4)24(19)22)18-9-11-20(30-6)12-10-18/h9-14H,8,15H2,1-7H3/b16-13+. The minimum atomic E-state index is -0.356. The van der Waals surface area contributed by atoms with E-state index in [0.29, 0.717) is 23.7 Å². The number of hydrogen-bond acceptors (Lipinski definition) is 6. The van der Waals surface area contributed by atoms with Crippen LogP contribution in [0.3, 0.4) is 0 Å². The first-order valence-electron chi connectivity index (χ1n) is 10.7. The van der Waals surface area contributed by atoms with Crippen molar-refractivity contribution in [2.45, 2.75) is 20.8 Å². The molecule has 7 heteroatoms. The zero-order valence-corrected chi connectivity index (χ0v) is 20.3. The summed E-state index contributed by atoms with van der Waals surface area (Å²) >= 11 is 0. The van der Waals surface area contributed by atoms with Gasteiger partial charge in [-0.15, -0.1) is 0 Å². The number of hydrogen-bond donors (Lipinski definition) is 0. The van der Waals surface area contributed by atoms with Crippen LogP contribution >= 0.6 is 0 Å². The van der Waals surface area contributed by atoms with Crippen molar-refractivity contribution in [3.05, 3.63) is 47.0 Å². The van der Waals surface area contributed by atoms with E-state index < -0.39 is 0 Å². The summed E-state index contributed by atoms with van der Waals surface area (Å²) < 4.78 is 29.4. The Balaban J connectivity index is 2.35. The molecule has 1 heterocycles. The van der Waals surface area contributed by atoms with Crippen LogP contribution in [0.15, 0.2) is 35.9 Å². The van der Waals surface area contributed by atoms with Gasteiger partial charge < -0.3 is 28.3 Å². The van der Waals surface area contributed by atoms with Gasteiger partial charge in [-0.1, -0.05) is 0 Å². The van der Waals surface area contributed by atoms with E-state index in [0.717, 1.165) is 39.0 Å². The van der Waals surface area contributed by atoms with E-state index in [2.05, 4.69) is 4.57 Å². The lowest BCUT2D eigenvalue weighted by Crippen LogP contribution is -2.05. The van der Waals surface area contributed by atoms with Crippen molar-refractivity contribution in [2.75, 3.05) is 34.7 Å². The second-order valence-electron chi connectivity index (χ2n) is 7.58. The fraction of sp³-hybridized carbons (Fsp3) is 0.346. The van der Waals surface area contributed by atoms with Crippen LogP contribution in [0.2, 0.25) is 0 Å². The molecule has 0 fully saturated rings. The van der Waals surface area contributed by atoms with Gasteiger partial charge in [-0.3, -0.25) is 0 Å². The number of fused-ring (bicyclic) bond motifs is 1. The molecule has 33 heavy (non-hydrogen) atoms. The number of esters is 1. The van der Waals surface area contributed by atoms with Gasteiger partial charge in [0.05, 0.1) is 32.0 Å². The Morgan fingerprint density at radius 2 is 1.79 bits per heavy atom. The lowest BCUT2D eigenvalue weighted by Gasteiger charge is -2.14. The average molecular weight is 454 g/mol. The van der Waals surface area contributed by atoms with E-state index in [9.17, 15) is 4.79 Å². The fourth-order valence-electron chi connectivity index (χ4n) is 4.06. The van der Waals surface area contributed by atoms with Crippen LogP contribution in [0.1, 0.15) is 25.0 Å². The maximum Gasteiger partial charge on any atom is 0.333 e. The fourth-order valence-corrected chi connectivity index (χ4v) is 4.06. The monoisotopic (exact) mass is 453 g/mol. The van der Waals surface area contributed by atoms with E-state index in [1.807, 2.05) is 50.4 Å². The van der Waals surface area contributed by atoms with Crippen molar-refractivity contribution in [3.63, 3.8) is 0 Å². The largest absolute Gasteiger partial charge is 0.497 e. The van der Waals surface area contributed by atoms with Crippen LogP contribution in [0.4, 0.5) is 0 Å². The number of carbonyl (C=O) groups is 1. The summed E-state index contributed by atoms with van der Waals surface area (Å²) in [6, 6.07) is 9.77. The van der Waals surface area contributed by atoms with Crippen molar-refractivity contribution in [1.82, 2.24) is 4.57 Å². The highest BCUT2D eigenvalue weighted by Crippen LogP contribution is 2.45. The van der Waals surface area contributed by atoms with E-state index in [1.54, 1.807) is 35.2 Å². The molecule has 1 aromatic heterocycles. The van der Waals surface area contributed by atoms with Gasteiger partial charge >= 0.3 is 5.97 Å². The molecular weight excluding hydrogens is 422 g/mol. The SMILES string of the molecule is CCOC(=O)/C(C)=C/c1cc(OC)c(OCOC)c2c(C)c(-c3ccc(OC)cc3)n(C)c12. The Morgan fingerprint density at radius 3 is 2.36 bits per heavy atom. The first kappa shape index (κ1) is 24.2. The number of rotatable bonds is 9. The molecule has 2 aromatic carbocycles. The number of carbonyl (C=O) groups excluding carboxylic acids is 1.